The molecule has 0 heterocycles. The first-order valence-corrected chi connectivity index (χ1v) is 5.48. The number of esters is 1. The highest BCUT2D eigenvalue weighted by Gasteiger charge is 2.69. The standard InChI is InChI=1S/C11H18O3/c1-3-14-10(12)9-8-6-4-5-7-11(8,9)13-2/h8-9H,3-7H2,1-2H3/t8-,9-,11-/m1/s1. The fourth-order valence-electron chi connectivity index (χ4n) is 2.99. The van der Waals surface area contributed by atoms with Gasteiger partial charge in [0.25, 0.3) is 0 Å². The summed E-state index contributed by atoms with van der Waals surface area (Å²) in [5.74, 6) is 0.400. The van der Waals surface area contributed by atoms with Crippen LogP contribution in [-0.4, -0.2) is 25.3 Å². The van der Waals surface area contributed by atoms with E-state index in [-0.39, 0.29) is 17.5 Å². The topological polar surface area (TPSA) is 35.5 Å². The Kier molecular flexibility index (Phi) is 2.52. The van der Waals surface area contributed by atoms with Crippen LogP contribution in [0.4, 0.5) is 0 Å². The molecule has 2 saturated carbocycles. The van der Waals surface area contributed by atoms with Crippen molar-refractivity contribution >= 4 is 5.97 Å². The van der Waals surface area contributed by atoms with E-state index in [9.17, 15) is 4.79 Å². The number of carbonyl (C=O) groups is 1. The maximum absolute atomic E-state index is 11.6. The lowest BCUT2D eigenvalue weighted by molar-refractivity contribution is -0.147. The van der Waals surface area contributed by atoms with Gasteiger partial charge in [-0.15, -0.1) is 0 Å². The van der Waals surface area contributed by atoms with Gasteiger partial charge in [-0.2, -0.15) is 0 Å². The Morgan fingerprint density at radius 3 is 2.86 bits per heavy atom. The van der Waals surface area contributed by atoms with Crippen molar-refractivity contribution in [3.8, 4) is 0 Å². The third-order valence-corrected chi connectivity index (χ3v) is 3.70. The van der Waals surface area contributed by atoms with E-state index in [0.717, 1.165) is 12.8 Å². The quantitative estimate of drug-likeness (QED) is 0.648. The summed E-state index contributed by atoms with van der Waals surface area (Å²) in [4.78, 5) is 11.6. The van der Waals surface area contributed by atoms with E-state index in [0.29, 0.717) is 12.5 Å². The summed E-state index contributed by atoms with van der Waals surface area (Å²) >= 11 is 0. The largest absolute Gasteiger partial charge is 0.466 e. The Hall–Kier alpha value is -0.570. The third-order valence-electron chi connectivity index (χ3n) is 3.70. The summed E-state index contributed by atoms with van der Waals surface area (Å²) in [6.45, 7) is 2.32. The second kappa shape index (κ2) is 3.54. The van der Waals surface area contributed by atoms with Crippen molar-refractivity contribution in [3.05, 3.63) is 0 Å². The van der Waals surface area contributed by atoms with E-state index in [1.807, 2.05) is 6.92 Å². The fraction of sp³-hybridized carbons (Fsp3) is 0.909. The normalized spacial score (nSPS) is 40.1. The van der Waals surface area contributed by atoms with Crippen molar-refractivity contribution in [2.24, 2.45) is 11.8 Å². The monoisotopic (exact) mass is 198 g/mol. The first-order valence-electron chi connectivity index (χ1n) is 5.48. The van der Waals surface area contributed by atoms with Crippen molar-refractivity contribution in [3.63, 3.8) is 0 Å². The lowest BCUT2D eigenvalue weighted by Gasteiger charge is -2.19. The molecular formula is C11H18O3. The van der Waals surface area contributed by atoms with Crippen molar-refractivity contribution in [1.29, 1.82) is 0 Å². The van der Waals surface area contributed by atoms with Crippen LogP contribution in [0.5, 0.6) is 0 Å². The van der Waals surface area contributed by atoms with Gasteiger partial charge in [0.05, 0.1) is 18.1 Å². The zero-order chi connectivity index (χ0) is 10.2. The minimum absolute atomic E-state index is 0.0231. The summed E-state index contributed by atoms with van der Waals surface area (Å²) in [6, 6.07) is 0. The summed E-state index contributed by atoms with van der Waals surface area (Å²) < 4.78 is 10.6. The zero-order valence-corrected chi connectivity index (χ0v) is 8.91. The van der Waals surface area contributed by atoms with Crippen LogP contribution >= 0.6 is 0 Å². The predicted molar refractivity (Wildman–Crippen MR) is 51.8 cm³/mol. The fourth-order valence-corrected chi connectivity index (χ4v) is 2.99. The smallest absolute Gasteiger partial charge is 0.312 e. The Morgan fingerprint density at radius 1 is 1.50 bits per heavy atom. The summed E-state index contributed by atoms with van der Waals surface area (Å²) in [7, 11) is 1.72. The van der Waals surface area contributed by atoms with E-state index in [2.05, 4.69) is 0 Å². The SMILES string of the molecule is CCOC(=O)[C@H]1[C@H]2CCCC[C@@]21OC. The molecule has 0 bridgehead atoms. The van der Waals surface area contributed by atoms with Crippen LogP contribution in [0.2, 0.25) is 0 Å². The molecule has 0 amide bonds. The molecule has 0 aromatic heterocycles. The second-order valence-electron chi connectivity index (χ2n) is 4.24. The van der Waals surface area contributed by atoms with Crippen LogP contribution in [0.1, 0.15) is 32.6 Å². The minimum Gasteiger partial charge on any atom is -0.466 e. The second-order valence-corrected chi connectivity index (χ2v) is 4.24. The van der Waals surface area contributed by atoms with E-state index in [1.54, 1.807) is 7.11 Å². The van der Waals surface area contributed by atoms with E-state index in [1.165, 1.54) is 12.8 Å². The summed E-state index contributed by atoms with van der Waals surface area (Å²) in [5.41, 5.74) is -0.148. The molecule has 0 N–H and O–H groups in total. The molecule has 3 atom stereocenters. The van der Waals surface area contributed by atoms with Crippen LogP contribution < -0.4 is 0 Å². The lowest BCUT2D eigenvalue weighted by Crippen LogP contribution is -2.22. The van der Waals surface area contributed by atoms with Gasteiger partial charge in [0.2, 0.25) is 0 Å². The van der Waals surface area contributed by atoms with Crippen molar-refractivity contribution in [2.75, 3.05) is 13.7 Å². The van der Waals surface area contributed by atoms with E-state index >= 15 is 0 Å². The predicted octanol–water partition coefficient (Wildman–Crippen LogP) is 1.75. The van der Waals surface area contributed by atoms with Gasteiger partial charge in [0.15, 0.2) is 0 Å². The number of hydrogen-bond donors (Lipinski definition) is 0. The molecule has 2 rings (SSSR count). The zero-order valence-electron chi connectivity index (χ0n) is 8.91. The number of rotatable bonds is 3. The van der Waals surface area contributed by atoms with Gasteiger partial charge in [-0.1, -0.05) is 12.8 Å². The molecule has 0 unspecified atom stereocenters. The van der Waals surface area contributed by atoms with Gasteiger partial charge in [-0.05, 0) is 19.8 Å². The van der Waals surface area contributed by atoms with E-state index in [4.69, 9.17) is 9.47 Å². The molecule has 0 aromatic carbocycles. The maximum Gasteiger partial charge on any atom is 0.312 e. The maximum atomic E-state index is 11.6. The van der Waals surface area contributed by atoms with Gasteiger partial charge >= 0.3 is 5.97 Å². The molecule has 0 spiro atoms. The molecule has 0 aromatic rings. The van der Waals surface area contributed by atoms with Crippen LogP contribution in [0.3, 0.4) is 0 Å². The molecule has 0 aliphatic heterocycles. The summed E-state index contributed by atoms with van der Waals surface area (Å²) in [6.07, 6.45) is 4.56. The van der Waals surface area contributed by atoms with Gasteiger partial charge in [-0.25, -0.2) is 0 Å². The molecule has 2 fully saturated rings. The number of methoxy groups -OCH3 is 1. The number of fused-ring (bicyclic) bond motifs is 1. The Labute approximate surface area is 84.8 Å². The summed E-state index contributed by atoms with van der Waals surface area (Å²) in [5, 5.41) is 0. The highest BCUT2D eigenvalue weighted by atomic mass is 16.5. The van der Waals surface area contributed by atoms with Crippen LogP contribution in [0.25, 0.3) is 0 Å². The molecule has 2 aliphatic carbocycles. The van der Waals surface area contributed by atoms with Crippen molar-refractivity contribution in [2.45, 2.75) is 38.2 Å². The minimum atomic E-state index is -0.148. The lowest BCUT2D eigenvalue weighted by atomic mass is 9.98. The van der Waals surface area contributed by atoms with Crippen LogP contribution in [0, 0.1) is 11.8 Å². The van der Waals surface area contributed by atoms with Gasteiger partial charge in [0, 0.05) is 13.0 Å². The van der Waals surface area contributed by atoms with Gasteiger partial charge < -0.3 is 9.47 Å². The van der Waals surface area contributed by atoms with Crippen LogP contribution in [0.15, 0.2) is 0 Å². The Bertz CT molecular complexity index is 239. The average Bonchev–Trinajstić information content (AvgIpc) is 2.87. The molecule has 3 nitrogen and oxygen atoms in total. The van der Waals surface area contributed by atoms with E-state index < -0.39 is 0 Å². The molecular weight excluding hydrogens is 180 g/mol. The first kappa shape index (κ1) is 9.97. The van der Waals surface area contributed by atoms with Crippen LogP contribution in [-0.2, 0) is 14.3 Å². The molecule has 14 heavy (non-hydrogen) atoms. The number of carbonyl (C=O) groups excluding carboxylic acids is 1. The highest BCUT2D eigenvalue weighted by molar-refractivity contribution is 5.79. The molecule has 0 saturated heterocycles. The third kappa shape index (κ3) is 1.26. The van der Waals surface area contributed by atoms with Gasteiger partial charge in [-0.3, -0.25) is 4.79 Å². The molecule has 0 radical (unpaired) electrons. The highest BCUT2D eigenvalue weighted by Crippen LogP contribution is 2.61. The number of hydrogen-bond acceptors (Lipinski definition) is 3. The molecule has 2 aliphatic rings. The first-order chi connectivity index (χ1) is 6.76. The van der Waals surface area contributed by atoms with Crippen molar-refractivity contribution in [1.82, 2.24) is 0 Å². The Morgan fingerprint density at radius 2 is 2.29 bits per heavy atom. The Balaban J connectivity index is 2.04. The average molecular weight is 198 g/mol. The van der Waals surface area contributed by atoms with Crippen molar-refractivity contribution < 1.29 is 14.3 Å². The van der Waals surface area contributed by atoms with Gasteiger partial charge in [0.1, 0.15) is 0 Å². The number of ether oxygens (including phenoxy) is 2. The molecule has 3 heteroatoms. The molecule has 80 valence electrons.